The number of nitrogens with zero attached hydrogens (tertiary/aromatic N) is 3. The van der Waals surface area contributed by atoms with Gasteiger partial charge in [-0.1, -0.05) is 29.8 Å². The maximum Gasteiger partial charge on any atom is 0.335 e. The van der Waals surface area contributed by atoms with E-state index in [9.17, 15) is 9.59 Å². The molecule has 0 radical (unpaired) electrons. The lowest BCUT2D eigenvalue weighted by molar-refractivity contribution is -0.121. The SMILES string of the molecule is C=CCN1C(=O)/C(=C/c2ccc(C(=O)O)cc2)SC1=Nc1cccnc1Cl. The Labute approximate surface area is 164 Å². The summed E-state index contributed by atoms with van der Waals surface area (Å²) in [5.41, 5.74) is 1.37. The highest BCUT2D eigenvalue weighted by Gasteiger charge is 2.32. The molecule has 0 unspecified atom stereocenters. The van der Waals surface area contributed by atoms with Crippen LogP contribution in [0.5, 0.6) is 0 Å². The van der Waals surface area contributed by atoms with Crippen LogP contribution in [0.3, 0.4) is 0 Å². The fourth-order valence-corrected chi connectivity index (χ4v) is 3.48. The molecule has 1 saturated heterocycles. The minimum Gasteiger partial charge on any atom is -0.478 e. The van der Waals surface area contributed by atoms with E-state index < -0.39 is 5.97 Å². The summed E-state index contributed by atoms with van der Waals surface area (Å²) < 4.78 is 0. The number of carboxylic acids is 1. The number of carbonyl (C=O) groups excluding carboxylic acids is 1. The molecule has 8 heteroatoms. The quantitative estimate of drug-likeness (QED) is 0.462. The highest BCUT2D eigenvalue weighted by atomic mass is 35.5. The van der Waals surface area contributed by atoms with Gasteiger partial charge in [-0.05, 0) is 47.7 Å². The Hall–Kier alpha value is -2.90. The van der Waals surface area contributed by atoms with Crippen LogP contribution in [0.15, 0.2) is 65.1 Å². The molecule has 1 aromatic heterocycles. The van der Waals surface area contributed by atoms with E-state index in [1.54, 1.807) is 42.6 Å². The minimum atomic E-state index is -1.000. The highest BCUT2D eigenvalue weighted by Crippen LogP contribution is 2.35. The zero-order chi connectivity index (χ0) is 19.4. The minimum absolute atomic E-state index is 0.185. The van der Waals surface area contributed by atoms with Crippen molar-refractivity contribution in [1.82, 2.24) is 9.88 Å². The van der Waals surface area contributed by atoms with Crippen LogP contribution < -0.4 is 0 Å². The van der Waals surface area contributed by atoms with Gasteiger partial charge >= 0.3 is 5.97 Å². The zero-order valence-corrected chi connectivity index (χ0v) is 15.6. The predicted molar refractivity (Wildman–Crippen MR) is 107 cm³/mol. The van der Waals surface area contributed by atoms with Gasteiger partial charge in [-0.15, -0.1) is 6.58 Å². The number of pyridine rings is 1. The van der Waals surface area contributed by atoms with E-state index in [1.165, 1.54) is 28.8 Å². The fourth-order valence-electron chi connectivity index (χ4n) is 2.32. The number of amidine groups is 1. The summed E-state index contributed by atoms with van der Waals surface area (Å²) in [6.07, 6.45) is 4.87. The summed E-state index contributed by atoms with van der Waals surface area (Å²) in [5.74, 6) is -1.21. The molecule has 0 saturated carbocycles. The Kier molecular flexibility index (Phi) is 5.73. The molecule has 0 bridgehead atoms. The number of rotatable bonds is 5. The third-order valence-electron chi connectivity index (χ3n) is 3.61. The van der Waals surface area contributed by atoms with E-state index in [4.69, 9.17) is 16.7 Å². The normalized spacial score (nSPS) is 16.9. The summed E-state index contributed by atoms with van der Waals surface area (Å²) in [5, 5.41) is 9.70. The van der Waals surface area contributed by atoms with Crippen molar-refractivity contribution in [3.05, 3.63) is 76.4 Å². The molecule has 0 aliphatic carbocycles. The number of carbonyl (C=O) groups is 2. The van der Waals surface area contributed by atoms with Gasteiger partial charge in [-0.2, -0.15) is 0 Å². The maximum absolute atomic E-state index is 12.7. The van der Waals surface area contributed by atoms with Crippen LogP contribution in [0.25, 0.3) is 6.08 Å². The van der Waals surface area contributed by atoms with Crippen LogP contribution in [0.2, 0.25) is 5.15 Å². The molecular weight excluding hydrogens is 386 g/mol. The summed E-state index contributed by atoms with van der Waals surface area (Å²) >= 11 is 7.27. The molecule has 0 spiro atoms. The number of aromatic nitrogens is 1. The lowest BCUT2D eigenvalue weighted by Crippen LogP contribution is -2.29. The van der Waals surface area contributed by atoms with E-state index in [2.05, 4.69) is 16.6 Å². The third-order valence-corrected chi connectivity index (χ3v) is 4.91. The van der Waals surface area contributed by atoms with Gasteiger partial charge in [0.1, 0.15) is 5.69 Å². The Bertz CT molecular complexity index is 970. The lowest BCUT2D eigenvalue weighted by atomic mass is 10.1. The zero-order valence-electron chi connectivity index (χ0n) is 14.0. The average molecular weight is 400 g/mol. The van der Waals surface area contributed by atoms with E-state index >= 15 is 0 Å². The van der Waals surface area contributed by atoms with Gasteiger partial charge in [0.25, 0.3) is 5.91 Å². The molecule has 6 nitrogen and oxygen atoms in total. The number of benzene rings is 1. The first-order valence-electron chi connectivity index (χ1n) is 7.84. The molecule has 136 valence electrons. The second-order valence-electron chi connectivity index (χ2n) is 5.45. The monoisotopic (exact) mass is 399 g/mol. The van der Waals surface area contributed by atoms with Crippen LogP contribution >= 0.6 is 23.4 Å². The van der Waals surface area contributed by atoms with E-state index in [1.807, 2.05) is 0 Å². The van der Waals surface area contributed by atoms with Gasteiger partial charge in [0.05, 0.1) is 10.5 Å². The number of aliphatic imine (C=N–C) groups is 1. The average Bonchev–Trinajstić information content (AvgIpc) is 2.93. The van der Waals surface area contributed by atoms with E-state index in [0.717, 1.165) is 5.56 Å². The molecule has 27 heavy (non-hydrogen) atoms. The van der Waals surface area contributed by atoms with Crippen LogP contribution in [-0.4, -0.2) is 38.6 Å². The van der Waals surface area contributed by atoms with Gasteiger partial charge in [0.15, 0.2) is 10.3 Å². The second-order valence-corrected chi connectivity index (χ2v) is 6.82. The molecular formula is C19H14ClN3O3S. The van der Waals surface area contributed by atoms with Gasteiger partial charge in [0, 0.05) is 12.7 Å². The molecule has 1 aromatic carbocycles. The van der Waals surface area contributed by atoms with Crippen molar-refractivity contribution in [1.29, 1.82) is 0 Å². The summed E-state index contributed by atoms with van der Waals surface area (Å²) in [6, 6.07) is 9.71. The van der Waals surface area contributed by atoms with Crippen molar-refractivity contribution in [3.8, 4) is 0 Å². The third kappa shape index (κ3) is 4.27. The summed E-state index contributed by atoms with van der Waals surface area (Å²) in [6.45, 7) is 3.98. The molecule has 1 amide bonds. The summed E-state index contributed by atoms with van der Waals surface area (Å²) in [4.78, 5) is 34.1. The largest absolute Gasteiger partial charge is 0.478 e. The number of hydrogen-bond acceptors (Lipinski definition) is 5. The molecule has 1 aliphatic heterocycles. The van der Waals surface area contributed by atoms with Crippen LogP contribution in [0.4, 0.5) is 5.69 Å². The van der Waals surface area contributed by atoms with Crippen molar-refractivity contribution < 1.29 is 14.7 Å². The highest BCUT2D eigenvalue weighted by molar-refractivity contribution is 8.18. The van der Waals surface area contributed by atoms with E-state index in [0.29, 0.717) is 22.3 Å². The van der Waals surface area contributed by atoms with Crippen molar-refractivity contribution in [2.24, 2.45) is 4.99 Å². The number of amides is 1. The molecule has 1 N–H and O–H groups in total. The molecule has 1 aliphatic rings. The van der Waals surface area contributed by atoms with Crippen molar-refractivity contribution in [2.45, 2.75) is 0 Å². The van der Waals surface area contributed by atoms with Gasteiger partial charge in [0.2, 0.25) is 0 Å². The van der Waals surface area contributed by atoms with E-state index in [-0.39, 0.29) is 16.6 Å². The first-order chi connectivity index (χ1) is 13.0. The molecule has 2 heterocycles. The van der Waals surface area contributed by atoms with Gasteiger partial charge < -0.3 is 5.11 Å². The van der Waals surface area contributed by atoms with Crippen LogP contribution in [0.1, 0.15) is 15.9 Å². The molecule has 3 rings (SSSR count). The van der Waals surface area contributed by atoms with Crippen molar-refractivity contribution in [2.75, 3.05) is 6.54 Å². The topological polar surface area (TPSA) is 82.9 Å². The van der Waals surface area contributed by atoms with Gasteiger partial charge in [-0.3, -0.25) is 9.69 Å². The standard InChI is InChI=1S/C19H14ClN3O3S/c1-2-10-23-17(24)15(11-12-5-7-13(8-6-12)18(25)26)27-19(23)22-14-4-3-9-21-16(14)20/h2-9,11H,1,10H2,(H,25,26)/b15-11-,22-19?. The number of aromatic carboxylic acids is 1. The Morgan fingerprint density at radius 2 is 2.07 bits per heavy atom. The molecule has 0 atom stereocenters. The molecule has 2 aromatic rings. The predicted octanol–water partition coefficient (Wildman–Crippen LogP) is 4.22. The van der Waals surface area contributed by atoms with Crippen molar-refractivity contribution >= 4 is 52.2 Å². The van der Waals surface area contributed by atoms with Gasteiger partial charge in [-0.25, -0.2) is 14.8 Å². The van der Waals surface area contributed by atoms with Crippen molar-refractivity contribution in [3.63, 3.8) is 0 Å². The van der Waals surface area contributed by atoms with Crippen LogP contribution in [-0.2, 0) is 4.79 Å². The Balaban J connectivity index is 1.94. The smallest absolute Gasteiger partial charge is 0.335 e. The molecule has 1 fully saturated rings. The number of hydrogen-bond donors (Lipinski definition) is 1. The second kappa shape index (κ2) is 8.20. The van der Waals surface area contributed by atoms with Crippen LogP contribution in [0, 0.1) is 0 Å². The number of halogens is 1. The Morgan fingerprint density at radius 3 is 2.70 bits per heavy atom. The Morgan fingerprint density at radius 1 is 1.33 bits per heavy atom. The number of carboxylic acid groups (broad SMARTS) is 1. The summed E-state index contributed by atoms with van der Waals surface area (Å²) in [7, 11) is 0. The fraction of sp³-hybridized carbons (Fsp3) is 0.0526. The first kappa shape index (κ1) is 18.9. The lowest BCUT2D eigenvalue weighted by Gasteiger charge is -2.12. The number of thioether (sulfide) groups is 1. The maximum atomic E-state index is 12.7. The first-order valence-corrected chi connectivity index (χ1v) is 9.04.